The smallest absolute Gasteiger partial charge is 0.405 e. The molecule has 0 saturated heterocycles. The molecule has 0 radical (unpaired) electrons. The van der Waals surface area contributed by atoms with Gasteiger partial charge in [0.25, 0.3) is 5.56 Å². The van der Waals surface area contributed by atoms with Crippen LogP contribution in [0.3, 0.4) is 0 Å². The van der Waals surface area contributed by atoms with Crippen molar-refractivity contribution in [2.75, 3.05) is 0 Å². The number of ether oxygens (including phenoxy) is 1. The molecular weight excluding hydrogens is 318 g/mol. The van der Waals surface area contributed by atoms with Crippen molar-refractivity contribution in [2.45, 2.75) is 26.9 Å². The maximum Gasteiger partial charge on any atom is 0.405 e. The fraction of sp³-hybridized carbons (Fsp3) is 0.211. The van der Waals surface area contributed by atoms with E-state index >= 15 is 0 Å². The topological polar surface area (TPSA) is 87.2 Å². The Kier molecular flexibility index (Phi) is 4.27. The van der Waals surface area contributed by atoms with Gasteiger partial charge in [0.2, 0.25) is 0 Å². The quantitative estimate of drug-likeness (QED) is 0.795. The number of carbonyl (C=O) groups is 1. The second-order valence-corrected chi connectivity index (χ2v) is 5.95. The standard InChI is InChI=1S/C19H19N3O3/c1-11-7-4-5-10-15(11)22-17(13(3)25-19(20)24)21-14-9-6-8-12(2)16(14)18(22)23/h4-10,13H,1-3H3,(H2,20,24). The summed E-state index contributed by atoms with van der Waals surface area (Å²) in [7, 11) is 0. The monoisotopic (exact) mass is 337 g/mol. The molecule has 0 fully saturated rings. The van der Waals surface area contributed by atoms with Crippen LogP contribution in [0.1, 0.15) is 30.0 Å². The number of carbonyl (C=O) groups excluding carboxylic acids is 1. The highest BCUT2D eigenvalue weighted by Crippen LogP contribution is 2.23. The molecule has 1 aromatic heterocycles. The van der Waals surface area contributed by atoms with E-state index in [1.807, 2.05) is 50.2 Å². The first-order valence-electron chi connectivity index (χ1n) is 7.94. The first-order valence-corrected chi connectivity index (χ1v) is 7.94. The summed E-state index contributed by atoms with van der Waals surface area (Å²) in [4.78, 5) is 29.0. The zero-order chi connectivity index (χ0) is 18.1. The number of primary amides is 1. The number of nitrogens with zero attached hydrogens (tertiary/aromatic N) is 2. The van der Waals surface area contributed by atoms with E-state index in [1.165, 1.54) is 4.57 Å². The highest BCUT2D eigenvalue weighted by Gasteiger charge is 2.21. The molecule has 0 spiro atoms. The predicted molar refractivity (Wildman–Crippen MR) is 95.9 cm³/mol. The first kappa shape index (κ1) is 16.7. The predicted octanol–water partition coefficient (Wildman–Crippen LogP) is 3.16. The third kappa shape index (κ3) is 2.98. The SMILES string of the molecule is Cc1ccccc1-n1c(C(C)OC(N)=O)nc2cccc(C)c2c1=O. The number of rotatable bonds is 3. The Balaban J connectivity index is 2.41. The van der Waals surface area contributed by atoms with Gasteiger partial charge in [-0.1, -0.05) is 30.3 Å². The van der Waals surface area contributed by atoms with Crippen molar-refractivity contribution < 1.29 is 9.53 Å². The normalized spacial score (nSPS) is 12.1. The number of aromatic nitrogens is 2. The van der Waals surface area contributed by atoms with E-state index in [2.05, 4.69) is 4.98 Å². The summed E-state index contributed by atoms with van der Waals surface area (Å²) in [5.41, 5.74) is 7.95. The van der Waals surface area contributed by atoms with Gasteiger partial charge in [-0.3, -0.25) is 9.36 Å². The molecule has 3 rings (SSSR count). The molecule has 1 amide bonds. The molecule has 0 aliphatic carbocycles. The molecule has 0 aliphatic heterocycles. The van der Waals surface area contributed by atoms with Crippen LogP contribution in [-0.4, -0.2) is 15.6 Å². The minimum Gasteiger partial charge on any atom is -0.439 e. The molecule has 6 nitrogen and oxygen atoms in total. The minimum atomic E-state index is -0.914. The van der Waals surface area contributed by atoms with Gasteiger partial charge < -0.3 is 10.5 Å². The Morgan fingerprint density at radius 1 is 1.12 bits per heavy atom. The molecular formula is C19H19N3O3. The third-order valence-corrected chi connectivity index (χ3v) is 4.14. The van der Waals surface area contributed by atoms with Crippen molar-refractivity contribution in [1.29, 1.82) is 0 Å². The summed E-state index contributed by atoms with van der Waals surface area (Å²) in [5.74, 6) is 0.330. The lowest BCUT2D eigenvalue weighted by atomic mass is 10.1. The van der Waals surface area contributed by atoms with Gasteiger partial charge in [0.15, 0.2) is 11.9 Å². The van der Waals surface area contributed by atoms with E-state index in [0.717, 1.165) is 11.1 Å². The van der Waals surface area contributed by atoms with Gasteiger partial charge in [-0.15, -0.1) is 0 Å². The number of aryl methyl sites for hydroxylation is 2. The van der Waals surface area contributed by atoms with Crippen LogP contribution in [0.15, 0.2) is 47.3 Å². The lowest BCUT2D eigenvalue weighted by Crippen LogP contribution is -2.28. The molecule has 1 unspecified atom stereocenters. The number of fused-ring (bicyclic) bond motifs is 1. The van der Waals surface area contributed by atoms with Crippen LogP contribution in [0.5, 0.6) is 0 Å². The molecule has 0 aliphatic rings. The average molecular weight is 337 g/mol. The molecule has 2 N–H and O–H groups in total. The van der Waals surface area contributed by atoms with Crippen molar-refractivity contribution >= 4 is 17.0 Å². The van der Waals surface area contributed by atoms with Crippen molar-refractivity contribution in [1.82, 2.24) is 9.55 Å². The minimum absolute atomic E-state index is 0.202. The van der Waals surface area contributed by atoms with Gasteiger partial charge in [0.05, 0.1) is 16.6 Å². The molecule has 128 valence electrons. The molecule has 25 heavy (non-hydrogen) atoms. The van der Waals surface area contributed by atoms with E-state index < -0.39 is 12.2 Å². The van der Waals surface area contributed by atoms with Gasteiger partial charge in [-0.25, -0.2) is 9.78 Å². The molecule has 3 aromatic rings. The van der Waals surface area contributed by atoms with Crippen LogP contribution in [0.4, 0.5) is 4.79 Å². The summed E-state index contributed by atoms with van der Waals surface area (Å²) in [5, 5.41) is 0.542. The maximum absolute atomic E-state index is 13.3. The van der Waals surface area contributed by atoms with Crippen LogP contribution < -0.4 is 11.3 Å². The number of para-hydroxylation sites is 1. The van der Waals surface area contributed by atoms with Crippen molar-refractivity contribution in [2.24, 2.45) is 5.73 Å². The summed E-state index contributed by atoms with van der Waals surface area (Å²) in [6, 6.07) is 13.0. The third-order valence-electron chi connectivity index (χ3n) is 4.14. The Hall–Kier alpha value is -3.15. The Labute approximate surface area is 144 Å². The highest BCUT2D eigenvalue weighted by molar-refractivity contribution is 5.81. The van der Waals surface area contributed by atoms with Crippen LogP contribution in [0.2, 0.25) is 0 Å². The Morgan fingerprint density at radius 2 is 1.80 bits per heavy atom. The van der Waals surface area contributed by atoms with E-state index in [0.29, 0.717) is 22.4 Å². The van der Waals surface area contributed by atoms with E-state index in [-0.39, 0.29) is 5.56 Å². The fourth-order valence-corrected chi connectivity index (χ4v) is 2.96. The van der Waals surface area contributed by atoms with E-state index in [4.69, 9.17) is 10.5 Å². The average Bonchev–Trinajstić information content (AvgIpc) is 2.55. The Bertz CT molecular complexity index is 1020. The first-order chi connectivity index (χ1) is 11.9. The molecule has 2 aromatic carbocycles. The molecule has 1 heterocycles. The van der Waals surface area contributed by atoms with Crippen LogP contribution in [-0.2, 0) is 4.74 Å². The van der Waals surface area contributed by atoms with Crippen molar-refractivity contribution in [3.63, 3.8) is 0 Å². The van der Waals surface area contributed by atoms with E-state index in [9.17, 15) is 9.59 Å². The van der Waals surface area contributed by atoms with Gasteiger partial charge >= 0.3 is 6.09 Å². The van der Waals surface area contributed by atoms with Crippen LogP contribution in [0.25, 0.3) is 16.6 Å². The molecule has 1 atom stereocenters. The zero-order valence-corrected chi connectivity index (χ0v) is 14.3. The second kappa shape index (κ2) is 6.39. The van der Waals surface area contributed by atoms with E-state index in [1.54, 1.807) is 13.0 Å². The van der Waals surface area contributed by atoms with Crippen LogP contribution >= 0.6 is 0 Å². The molecule has 0 saturated carbocycles. The van der Waals surface area contributed by atoms with Crippen molar-refractivity contribution in [3.05, 3.63) is 69.8 Å². The zero-order valence-electron chi connectivity index (χ0n) is 14.3. The number of benzene rings is 2. The lowest BCUT2D eigenvalue weighted by molar-refractivity contribution is 0.110. The molecule has 0 bridgehead atoms. The summed E-state index contributed by atoms with van der Waals surface area (Å²) in [6.45, 7) is 5.42. The number of hydrogen-bond acceptors (Lipinski definition) is 4. The van der Waals surface area contributed by atoms with Gasteiger partial charge in [-0.2, -0.15) is 0 Å². The van der Waals surface area contributed by atoms with Gasteiger partial charge in [0, 0.05) is 0 Å². The number of nitrogens with two attached hydrogens (primary N) is 1. The number of hydrogen-bond donors (Lipinski definition) is 1. The number of amides is 1. The fourth-order valence-electron chi connectivity index (χ4n) is 2.96. The Morgan fingerprint density at radius 3 is 2.48 bits per heavy atom. The lowest BCUT2D eigenvalue weighted by Gasteiger charge is -2.19. The van der Waals surface area contributed by atoms with Gasteiger partial charge in [0.1, 0.15) is 0 Å². The van der Waals surface area contributed by atoms with Crippen molar-refractivity contribution in [3.8, 4) is 5.69 Å². The summed E-state index contributed by atoms with van der Waals surface area (Å²) >= 11 is 0. The summed E-state index contributed by atoms with van der Waals surface area (Å²) < 4.78 is 6.59. The maximum atomic E-state index is 13.3. The van der Waals surface area contributed by atoms with Crippen LogP contribution in [0, 0.1) is 13.8 Å². The summed E-state index contributed by atoms with van der Waals surface area (Å²) in [6.07, 6.45) is -1.68. The largest absolute Gasteiger partial charge is 0.439 e. The van der Waals surface area contributed by atoms with Gasteiger partial charge in [-0.05, 0) is 44.0 Å². The molecule has 6 heteroatoms. The second-order valence-electron chi connectivity index (χ2n) is 5.95. The highest BCUT2D eigenvalue weighted by atomic mass is 16.6.